The summed E-state index contributed by atoms with van der Waals surface area (Å²) >= 11 is 0. The molecule has 0 unspecified atom stereocenters. The number of hydrogen-bond acceptors (Lipinski definition) is 2. The maximum absolute atomic E-state index is 13.5. The van der Waals surface area contributed by atoms with E-state index in [-0.39, 0.29) is 17.6 Å². The number of amides is 2. The Labute approximate surface area is 211 Å². The maximum Gasteiger partial charge on any atom is 0.221 e. The van der Waals surface area contributed by atoms with Gasteiger partial charge in [0.25, 0.3) is 0 Å². The monoisotopic (exact) mass is 483 g/mol. The average molecular weight is 484 g/mol. The number of halogens is 1. The van der Waals surface area contributed by atoms with E-state index in [4.69, 9.17) is 0 Å². The van der Waals surface area contributed by atoms with E-state index in [2.05, 4.69) is 41.2 Å². The van der Waals surface area contributed by atoms with Crippen LogP contribution in [0.1, 0.15) is 35.7 Å². The van der Waals surface area contributed by atoms with Gasteiger partial charge < -0.3 is 15.2 Å². The molecule has 6 heteroatoms. The summed E-state index contributed by atoms with van der Waals surface area (Å²) in [5.41, 5.74) is 7.83. The first-order chi connectivity index (χ1) is 17.3. The minimum Gasteiger partial charge on any atom is -0.352 e. The molecule has 2 amide bonds. The highest BCUT2D eigenvalue weighted by Crippen LogP contribution is 2.28. The molecule has 0 saturated heterocycles. The molecule has 0 saturated carbocycles. The number of hydrogen-bond donors (Lipinski definition) is 2. The first-order valence-corrected chi connectivity index (χ1v) is 12.0. The van der Waals surface area contributed by atoms with Crippen molar-refractivity contribution in [2.24, 2.45) is 0 Å². The predicted molar refractivity (Wildman–Crippen MR) is 142 cm³/mol. The summed E-state index contributed by atoms with van der Waals surface area (Å²) in [5, 5.41) is 5.79. The van der Waals surface area contributed by atoms with Gasteiger partial charge in [0, 0.05) is 37.0 Å². The summed E-state index contributed by atoms with van der Waals surface area (Å²) in [6.07, 6.45) is 0.870. The van der Waals surface area contributed by atoms with Crippen molar-refractivity contribution < 1.29 is 14.0 Å². The highest BCUT2D eigenvalue weighted by Gasteiger charge is 2.14. The predicted octanol–water partition coefficient (Wildman–Crippen LogP) is 6.11. The molecule has 184 valence electrons. The van der Waals surface area contributed by atoms with Crippen LogP contribution in [0.3, 0.4) is 0 Å². The van der Waals surface area contributed by atoms with Crippen molar-refractivity contribution in [1.29, 1.82) is 0 Å². The van der Waals surface area contributed by atoms with Gasteiger partial charge in [0.2, 0.25) is 11.8 Å². The van der Waals surface area contributed by atoms with Crippen LogP contribution >= 0.6 is 0 Å². The van der Waals surface area contributed by atoms with Gasteiger partial charge in [0.15, 0.2) is 0 Å². The lowest BCUT2D eigenvalue weighted by molar-refractivity contribution is -0.121. The van der Waals surface area contributed by atoms with Gasteiger partial charge in [0.1, 0.15) is 5.82 Å². The van der Waals surface area contributed by atoms with Gasteiger partial charge in [-0.15, -0.1) is 0 Å². The number of carbonyl (C=O) groups is 2. The third-order valence-corrected chi connectivity index (χ3v) is 6.22. The summed E-state index contributed by atoms with van der Waals surface area (Å²) in [4.78, 5) is 24.0. The smallest absolute Gasteiger partial charge is 0.221 e. The second kappa shape index (κ2) is 11.0. The minimum absolute atomic E-state index is 0.0229. The Morgan fingerprint density at radius 2 is 1.58 bits per heavy atom. The third kappa shape index (κ3) is 6.08. The molecule has 0 bridgehead atoms. The molecule has 0 radical (unpaired) electrons. The SMILES string of the molecule is CC(=O)Nc1ccc(-n2c(CCC(=O)NCc3ccc(C)c(C)c3)ccc2-c2ccc(F)cc2)cc1. The van der Waals surface area contributed by atoms with E-state index in [9.17, 15) is 14.0 Å². The van der Waals surface area contributed by atoms with Crippen molar-refractivity contribution in [3.63, 3.8) is 0 Å². The zero-order valence-electron chi connectivity index (χ0n) is 20.8. The highest BCUT2D eigenvalue weighted by atomic mass is 19.1. The van der Waals surface area contributed by atoms with Crippen LogP contribution in [0.15, 0.2) is 78.9 Å². The summed E-state index contributed by atoms with van der Waals surface area (Å²) in [5.74, 6) is -0.453. The van der Waals surface area contributed by atoms with Crippen LogP contribution in [0.4, 0.5) is 10.1 Å². The van der Waals surface area contributed by atoms with E-state index in [1.165, 1.54) is 30.2 Å². The molecule has 3 aromatic carbocycles. The van der Waals surface area contributed by atoms with Crippen LogP contribution in [-0.4, -0.2) is 16.4 Å². The van der Waals surface area contributed by atoms with E-state index in [0.29, 0.717) is 25.1 Å². The molecule has 2 N–H and O–H groups in total. The van der Waals surface area contributed by atoms with Crippen molar-refractivity contribution >= 4 is 17.5 Å². The Morgan fingerprint density at radius 1 is 0.861 bits per heavy atom. The van der Waals surface area contributed by atoms with Crippen LogP contribution < -0.4 is 10.6 Å². The summed E-state index contributed by atoms with van der Waals surface area (Å²) in [6.45, 7) is 6.10. The van der Waals surface area contributed by atoms with Gasteiger partial charge in [-0.25, -0.2) is 4.39 Å². The van der Waals surface area contributed by atoms with Crippen LogP contribution in [0.25, 0.3) is 16.9 Å². The minimum atomic E-state index is -0.294. The Morgan fingerprint density at radius 3 is 2.25 bits per heavy atom. The molecule has 1 aromatic heterocycles. The Kier molecular flexibility index (Phi) is 7.64. The topological polar surface area (TPSA) is 63.1 Å². The molecule has 0 spiro atoms. The van der Waals surface area contributed by atoms with Gasteiger partial charge in [-0.05, 0) is 103 Å². The van der Waals surface area contributed by atoms with Crippen LogP contribution in [0, 0.1) is 19.7 Å². The normalized spacial score (nSPS) is 10.8. The van der Waals surface area contributed by atoms with Gasteiger partial charge in [-0.1, -0.05) is 18.2 Å². The van der Waals surface area contributed by atoms with E-state index >= 15 is 0 Å². The first kappa shape index (κ1) is 24.9. The largest absolute Gasteiger partial charge is 0.352 e. The number of anilines is 1. The molecule has 4 aromatic rings. The van der Waals surface area contributed by atoms with Crippen LogP contribution in [0.5, 0.6) is 0 Å². The fourth-order valence-electron chi connectivity index (χ4n) is 4.17. The molecule has 0 fully saturated rings. The molecule has 0 atom stereocenters. The lowest BCUT2D eigenvalue weighted by Gasteiger charge is -2.15. The van der Waals surface area contributed by atoms with Crippen molar-refractivity contribution in [1.82, 2.24) is 9.88 Å². The standard InChI is InChI=1S/C30H30FN3O2/c1-20-4-5-23(18-21(20)2)19-32-30(36)17-15-28-14-16-29(24-6-8-25(31)9-7-24)34(28)27-12-10-26(11-13-27)33-22(3)35/h4-14,16,18H,15,17,19H2,1-3H3,(H,32,36)(H,33,35). The van der Waals surface area contributed by atoms with Crippen LogP contribution in [0.2, 0.25) is 0 Å². The van der Waals surface area contributed by atoms with Crippen molar-refractivity contribution in [3.8, 4) is 16.9 Å². The number of carbonyl (C=O) groups excluding carboxylic acids is 2. The van der Waals surface area contributed by atoms with E-state index in [1.54, 1.807) is 12.1 Å². The molecule has 0 aliphatic carbocycles. The lowest BCUT2D eigenvalue weighted by atomic mass is 10.1. The second-order valence-corrected chi connectivity index (χ2v) is 8.98. The number of rotatable bonds is 8. The number of aromatic nitrogens is 1. The quantitative estimate of drug-likeness (QED) is 0.318. The summed E-state index contributed by atoms with van der Waals surface area (Å²) in [7, 11) is 0. The van der Waals surface area contributed by atoms with Gasteiger partial charge >= 0.3 is 0 Å². The number of benzene rings is 3. The highest BCUT2D eigenvalue weighted by molar-refractivity contribution is 5.88. The molecule has 36 heavy (non-hydrogen) atoms. The Bertz CT molecular complexity index is 1370. The van der Waals surface area contributed by atoms with Gasteiger partial charge in [0.05, 0.1) is 5.69 Å². The van der Waals surface area contributed by atoms with Gasteiger partial charge in [-0.3, -0.25) is 9.59 Å². The fraction of sp³-hybridized carbons (Fsp3) is 0.200. The Hall–Kier alpha value is -4.19. The van der Waals surface area contributed by atoms with Crippen molar-refractivity contribution in [2.45, 2.75) is 40.2 Å². The molecular weight excluding hydrogens is 453 g/mol. The summed E-state index contributed by atoms with van der Waals surface area (Å²) in [6, 6.07) is 24.1. The first-order valence-electron chi connectivity index (χ1n) is 12.0. The number of nitrogens with zero attached hydrogens (tertiary/aromatic N) is 1. The molecule has 0 aliphatic heterocycles. The van der Waals surface area contributed by atoms with Crippen molar-refractivity contribution in [2.75, 3.05) is 5.32 Å². The Balaban J connectivity index is 1.53. The molecule has 4 rings (SSSR count). The fourth-order valence-corrected chi connectivity index (χ4v) is 4.17. The van der Waals surface area contributed by atoms with Crippen molar-refractivity contribution in [3.05, 3.63) is 107 Å². The van der Waals surface area contributed by atoms with E-state index < -0.39 is 0 Å². The molecular formula is C30H30FN3O2. The van der Waals surface area contributed by atoms with Gasteiger partial charge in [-0.2, -0.15) is 0 Å². The second-order valence-electron chi connectivity index (χ2n) is 8.98. The summed E-state index contributed by atoms with van der Waals surface area (Å²) < 4.78 is 15.6. The van der Waals surface area contributed by atoms with E-state index in [1.807, 2.05) is 42.5 Å². The number of aryl methyl sites for hydroxylation is 3. The van der Waals surface area contributed by atoms with Crippen LogP contribution in [-0.2, 0) is 22.6 Å². The molecule has 5 nitrogen and oxygen atoms in total. The maximum atomic E-state index is 13.5. The third-order valence-electron chi connectivity index (χ3n) is 6.22. The number of nitrogens with one attached hydrogen (secondary N) is 2. The molecule has 0 aliphatic rings. The average Bonchev–Trinajstić information content (AvgIpc) is 3.28. The molecule has 1 heterocycles. The lowest BCUT2D eigenvalue weighted by Crippen LogP contribution is -2.23. The zero-order chi connectivity index (χ0) is 25.7. The zero-order valence-corrected chi connectivity index (χ0v) is 20.8. The van der Waals surface area contributed by atoms with E-state index in [0.717, 1.165) is 28.2 Å².